The van der Waals surface area contributed by atoms with E-state index in [1.54, 1.807) is 0 Å². The molecule has 11 heavy (non-hydrogen) atoms. The zero-order valence-electron chi connectivity index (χ0n) is 7.33. The first-order valence-electron chi connectivity index (χ1n) is 3.48. The third-order valence-corrected chi connectivity index (χ3v) is 3.38. The fourth-order valence-corrected chi connectivity index (χ4v) is 1.94. The summed E-state index contributed by atoms with van der Waals surface area (Å²) in [5.74, 6) is 0. The van der Waals surface area contributed by atoms with E-state index >= 15 is 0 Å². The highest BCUT2D eigenvalue weighted by Gasteiger charge is 2.08. The minimum Gasteiger partial charge on any atom is -0.412 e. The van der Waals surface area contributed by atoms with Crippen molar-refractivity contribution in [2.24, 2.45) is 0 Å². The first kappa shape index (κ1) is 10.6. The average Bonchev–Trinajstić information content (AvgIpc) is 1.88. The molecule has 63 valence electrons. The van der Waals surface area contributed by atoms with E-state index in [1.165, 1.54) is 5.30 Å². The van der Waals surface area contributed by atoms with Gasteiger partial charge in [-0.3, -0.25) is 0 Å². The Morgan fingerprint density at radius 1 is 0.909 bits per heavy atom. The van der Waals surface area contributed by atoms with Crippen molar-refractivity contribution in [3.63, 3.8) is 0 Å². The van der Waals surface area contributed by atoms with Gasteiger partial charge in [-0.2, -0.15) is 0 Å². The van der Waals surface area contributed by atoms with Crippen LogP contribution in [0.5, 0.6) is 0 Å². The molecule has 0 spiro atoms. The van der Waals surface area contributed by atoms with Gasteiger partial charge in [0.25, 0.3) is 0 Å². The SMILES string of the molecule is C[P](C)(C)c1ccccc1.O. The Morgan fingerprint density at radius 2 is 1.36 bits per heavy atom. The van der Waals surface area contributed by atoms with Crippen LogP contribution in [0.4, 0.5) is 0 Å². The zero-order chi connectivity index (χ0) is 7.61. The van der Waals surface area contributed by atoms with Crippen molar-refractivity contribution < 1.29 is 5.48 Å². The predicted molar refractivity (Wildman–Crippen MR) is 54.4 cm³/mol. The molecule has 0 atom stereocenters. The number of hydrogen-bond acceptors (Lipinski definition) is 0. The first-order chi connectivity index (χ1) is 4.61. The van der Waals surface area contributed by atoms with E-state index in [0.717, 1.165) is 0 Å². The molecule has 0 bridgehead atoms. The Morgan fingerprint density at radius 3 is 1.64 bits per heavy atom. The Balaban J connectivity index is 0.000001000. The van der Waals surface area contributed by atoms with Crippen molar-refractivity contribution in [3.05, 3.63) is 30.3 Å². The zero-order valence-corrected chi connectivity index (χ0v) is 8.23. The highest BCUT2D eigenvalue weighted by atomic mass is 31.2. The van der Waals surface area contributed by atoms with Crippen LogP contribution in [0.2, 0.25) is 0 Å². The quantitative estimate of drug-likeness (QED) is 0.572. The highest BCUT2D eigenvalue weighted by Crippen LogP contribution is 2.44. The summed E-state index contributed by atoms with van der Waals surface area (Å²) in [4.78, 5) is 0. The van der Waals surface area contributed by atoms with Crippen LogP contribution in [0, 0.1) is 0 Å². The molecule has 1 aromatic carbocycles. The van der Waals surface area contributed by atoms with Crippen molar-refractivity contribution in [1.29, 1.82) is 0 Å². The lowest BCUT2D eigenvalue weighted by atomic mass is 10.4. The minimum absolute atomic E-state index is 0. The number of benzene rings is 1. The second-order valence-electron chi connectivity index (χ2n) is 3.35. The van der Waals surface area contributed by atoms with Gasteiger partial charge in [0.1, 0.15) is 0 Å². The van der Waals surface area contributed by atoms with E-state index in [4.69, 9.17) is 0 Å². The van der Waals surface area contributed by atoms with Gasteiger partial charge in [-0.25, -0.2) is 0 Å². The lowest BCUT2D eigenvalue weighted by Crippen LogP contribution is -2.05. The van der Waals surface area contributed by atoms with Gasteiger partial charge in [0.15, 0.2) is 0 Å². The third kappa shape index (κ3) is 3.00. The van der Waals surface area contributed by atoms with Crippen LogP contribution in [0.1, 0.15) is 0 Å². The van der Waals surface area contributed by atoms with Crippen LogP contribution in [0.25, 0.3) is 0 Å². The Bertz CT molecular complexity index is 201. The first-order valence-corrected chi connectivity index (χ1v) is 6.61. The number of rotatable bonds is 1. The van der Waals surface area contributed by atoms with Crippen LogP contribution in [-0.4, -0.2) is 25.5 Å². The third-order valence-electron chi connectivity index (χ3n) is 1.53. The molecule has 0 aliphatic rings. The Kier molecular flexibility index (Phi) is 3.71. The van der Waals surface area contributed by atoms with Gasteiger partial charge in [-0.15, -0.1) is 7.26 Å². The summed E-state index contributed by atoms with van der Waals surface area (Å²) in [5.41, 5.74) is 0. The smallest absolute Gasteiger partial charge is 0.0289 e. The van der Waals surface area contributed by atoms with E-state index < -0.39 is 7.26 Å². The fourth-order valence-electron chi connectivity index (χ4n) is 0.875. The van der Waals surface area contributed by atoms with Gasteiger partial charge < -0.3 is 5.48 Å². The van der Waals surface area contributed by atoms with E-state index in [-0.39, 0.29) is 5.48 Å². The molecule has 0 aliphatic heterocycles. The lowest BCUT2D eigenvalue weighted by molar-refractivity contribution is 0.824. The molecule has 2 N–H and O–H groups in total. The minimum atomic E-state index is -0.768. The van der Waals surface area contributed by atoms with Gasteiger partial charge in [-0.1, -0.05) is 30.3 Å². The second kappa shape index (κ2) is 3.85. The molecule has 1 rings (SSSR count). The highest BCUT2D eigenvalue weighted by molar-refractivity contribution is 7.80. The second-order valence-corrected chi connectivity index (χ2v) is 7.89. The van der Waals surface area contributed by atoms with E-state index in [2.05, 4.69) is 50.3 Å². The topological polar surface area (TPSA) is 31.5 Å². The van der Waals surface area contributed by atoms with Crippen molar-refractivity contribution >= 4 is 12.6 Å². The Labute approximate surface area is 69.1 Å². The summed E-state index contributed by atoms with van der Waals surface area (Å²) in [5, 5.41) is 1.51. The average molecular weight is 171 g/mol. The maximum absolute atomic E-state index is 2.34. The molecule has 0 saturated heterocycles. The van der Waals surface area contributed by atoms with Crippen molar-refractivity contribution in [2.45, 2.75) is 0 Å². The largest absolute Gasteiger partial charge is 0.412 e. The van der Waals surface area contributed by atoms with Gasteiger partial charge in [0, 0.05) is 0 Å². The summed E-state index contributed by atoms with van der Waals surface area (Å²) in [7, 11) is -0.768. The fraction of sp³-hybridized carbons (Fsp3) is 0.333. The molecule has 0 aromatic heterocycles. The van der Waals surface area contributed by atoms with Crippen LogP contribution in [0.3, 0.4) is 0 Å². The summed E-state index contributed by atoms with van der Waals surface area (Å²) >= 11 is 0. The number of hydrogen-bond donors (Lipinski definition) is 0. The molecular weight excluding hydrogens is 155 g/mol. The molecule has 0 heterocycles. The summed E-state index contributed by atoms with van der Waals surface area (Å²) < 4.78 is 0. The Hall–Kier alpha value is -0.390. The van der Waals surface area contributed by atoms with Crippen LogP contribution < -0.4 is 5.30 Å². The van der Waals surface area contributed by atoms with E-state index in [9.17, 15) is 0 Å². The molecule has 0 aliphatic carbocycles. The maximum Gasteiger partial charge on any atom is -0.0289 e. The van der Waals surface area contributed by atoms with Crippen LogP contribution in [0.15, 0.2) is 30.3 Å². The molecule has 0 unspecified atom stereocenters. The van der Waals surface area contributed by atoms with Crippen molar-refractivity contribution in [2.75, 3.05) is 20.0 Å². The van der Waals surface area contributed by atoms with Gasteiger partial charge in [-0.05, 0) is 25.3 Å². The summed E-state index contributed by atoms with van der Waals surface area (Å²) in [6, 6.07) is 10.7. The maximum atomic E-state index is 2.34. The molecule has 1 radical (unpaired) electrons. The van der Waals surface area contributed by atoms with Crippen LogP contribution in [-0.2, 0) is 0 Å². The normalized spacial score (nSPS) is 10.5. The van der Waals surface area contributed by atoms with Crippen molar-refractivity contribution in [1.82, 2.24) is 0 Å². The van der Waals surface area contributed by atoms with Gasteiger partial charge in [0.05, 0.1) is 0 Å². The van der Waals surface area contributed by atoms with Gasteiger partial charge in [0.2, 0.25) is 0 Å². The molecule has 0 fully saturated rings. The molecular formula is C9H16OP. The molecule has 2 heteroatoms. The molecule has 0 amide bonds. The predicted octanol–water partition coefficient (Wildman–Crippen LogP) is 1.39. The lowest BCUT2D eigenvalue weighted by Gasteiger charge is -2.21. The molecule has 0 saturated carbocycles. The van der Waals surface area contributed by atoms with Crippen LogP contribution >= 0.6 is 7.26 Å². The summed E-state index contributed by atoms with van der Waals surface area (Å²) in [6.07, 6.45) is 0. The van der Waals surface area contributed by atoms with E-state index in [0.29, 0.717) is 0 Å². The van der Waals surface area contributed by atoms with Crippen molar-refractivity contribution in [3.8, 4) is 0 Å². The standard InChI is InChI=1S/C9H14P.H2O/c1-10(2,3)9-7-5-4-6-8-9;/h4-8H,1-3H3;1H2. The molecule has 1 aromatic rings. The molecule has 1 nitrogen and oxygen atoms in total. The van der Waals surface area contributed by atoms with Gasteiger partial charge >= 0.3 is 0 Å². The van der Waals surface area contributed by atoms with E-state index in [1.807, 2.05) is 0 Å². The summed E-state index contributed by atoms with van der Waals surface area (Å²) in [6.45, 7) is 7.01. The monoisotopic (exact) mass is 171 g/mol.